The second-order valence-electron chi connectivity index (χ2n) is 6.64. The number of hydrogen-bond acceptors (Lipinski definition) is 7. The van der Waals surface area contributed by atoms with Crippen LogP contribution in [-0.4, -0.2) is 36.2 Å². The summed E-state index contributed by atoms with van der Waals surface area (Å²) in [6.07, 6.45) is -0.839. The maximum absolute atomic E-state index is 12.9. The van der Waals surface area contributed by atoms with Gasteiger partial charge in [-0.3, -0.25) is 4.79 Å². The second kappa shape index (κ2) is 7.71. The predicted octanol–water partition coefficient (Wildman–Crippen LogP) is 3.87. The SMILES string of the molecule is CCOC(=O)c1sc2nc(C)cc(C)c2c1NC(=O)C1COc2ccccc2O1. The van der Waals surface area contributed by atoms with Crippen molar-refractivity contribution < 1.29 is 23.8 Å². The zero-order valence-electron chi connectivity index (χ0n) is 16.3. The average molecular weight is 412 g/mol. The molecule has 1 atom stereocenters. The molecule has 1 aromatic carbocycles. The Kier molecular flexibility index (Phi) is 5.10. The molecule has 0 bridgehead atoms. The van der Waals surface area contributed by atoms with Gasteiger partial charge in [0.25, 0.3) is 5.91 Å². The lowest BCUT2D eigenvalue weighted by atomic mass is 10.1. The summed E-state index contributed by atoms with van der Waals surface area (Å²) in [5.74, 6) is 0.215. The molecule has 1 N–H and O–H groups in total. The van der Waals surface area contributed by atoms with Crippen molar-refractivity contribution in [1.29, 1.82) is 0 Å². The van der Waals surface area contributed by atoms with Crippen LogP contribution >= 0.6 is 11.3 Å². The Morgan fingerprint density at radius 1 is 1.28 bits per heavy atom. The zero-order chi connectivity index (χ0) is 20.5. The van der Waals surface area contributed by atoms with Crippen LogP contribution in [0.3, 0.4) is 0 Å². The van der Waals surface area contributed by atoms with Gasteiger partial charge >= 0.3 is 5.97 Å². The molecule has 150 valence electrons. The molecule has 3 aromatic rings. The van der Waals surface area contributed by atoms with Crippen LogP contribution in [-0.2, 0) is 9.53 Å². The molecule has 0 spiro atoms. The van der Waals surface area contributed by atoms with Gasteiger partial charge in [0.2, 0.25) is 6.10 Å². The highest BCUT2D eigenvalue weighted by molar-refractivity contribution is 7.21. The van der Waals surface area contributed by atoms with Crippen LogP contribution in [0.15, 0.2) is 30.3 Å². The smallest absolute Gasteiger partial charge is 0.350 e. The number of aryl methyl sites for hydroxylation is 2. The van der Waals surface area contributed by atoms with Crippen molar-refractivity contribution in [2.45, 2.75) is 26.9 Å². The molecule has 1 aliphatic heterocycles. The molecular formula is C21H20N2O5S. The molecule has 1 amide bonds. The number of hydrogen-bond donors (Lipinski definition) is 1. The third-order valence-electron chi connectivity index (χ3n) is 4.50. The van der Waals surface area contributed by atoms with Gasteiger partial charge in [-0.15, -0.1) is 11.3 Å². The number of amides is 1. The molecule has 2 aromatic heterocycles. The van der Waals surface area contributed by atoms with Gasteiger partial charge in [0.15, 0.2) is 11.5 Å². The summed E-state index contributed by atoms with van der Waals surface area (Å²) < 4.78 is 16.6. The maximum Gasteiger partial charge on any atom is 0.350 e. The van der Waals surface area contributed by atoms with E-state index < -0.39 is 18.0 Å². The van der Waals surface area contributed by atoms with E-state index in [2.05, 4.69) is 10.3 Å². The highest BCUT2D eigenvalue weighted by Gasteiger charge is 2.30. The van der Waals surface area contributed by atoms with E-state index >= 15 is 0 Å². The monoisotopic (exact) mass is 412 g/mol. The van der Waals surface area contributed by atoms with E-state index in [-0.39, 0.29) is 13.2 Å². The molecular weight excluding hydrogens is 392 g/mol. The van der Waals surface area contributed by atoms with Crippen molar-refractivity contribution in [3.63, 3.8) is 0 Å². The lowest BCUT2D eigenvalue weighted by molar-refractivity contribution is -0.125. The van der Waals surface area contributed by atoms with Gasteiger partial charge in [0, 0.05) is 11.1 Å². The van der Waals surface area contributed by atoms with Crippen LogP contribution in [0.4, 0.5) is 5.69 Å². The number of pyridine rings is 1. The zero-order valence-corrected chi connectivity index (χ0v) is 17.1. The number of carbonyl (C=O) groups is 2. The van der Waals surface area contributed by atoms with Gasteiger partial charge in [0.05, 0.1) is 12.3 Å². The number of aromatic nitrogens is 1. The number of thiophene rings is 1. The molecule has 7 nitrogen and oxygen atoms in total. The van der Waals surface area contributed by atoms with Crippen molar-refractivity contribution in [3.8, 4) is 11.5 Å². The van der Waals surface area contributed by atoms with Crippen LogP contribution in [0.2, 0.25) is 0 Å². The third-order valence-corrected chi connectivity index (χ3v) is 5.56. The van der Waals surface area contributed by atoms with Crippen LogP contribution in [0.5, 0.6) is 11.5 Å². The average Bonchev–Trinajstić information content (AvgIpc) is 3.06. The van der Waals surface area contributed by atoms with E-state index in [1.54, 1.807) is 19.1 Å². The Hall–Kier alpha value is -3.13. The van der Waals surface area contributed by atoms with Crippen molar-refractivity contribution in [1.82, 2.24) is 4.98 Å². The molecule has 0 radical (unpaired) electrons. The molecule has 0 saturated heterocycles. The van der Waals surface area contributed by atoms with Gasteiger partial charge in [-0.05, 0) is 44.5 Å². The molecule has 0 fully saturated rings. The number of nitrogens with zero attached hydrogens (tertiary/aromatic N) is 1. The van der Waals surface area contributed by atoms with Gasteiger partial charge in [-0.2, -0.15) is 0 Å². The van der Waals surface area contributed by atoms with Crippen molar-refractivity contribution in [2.24, 2.45) is 0 Å². The topological polar surface area (TPSA) is 86.8 Å². The molecule has 8 heteroatoms. The maximum atomic E-state index is 12.9. The summed E-state index contributed by atoms with van der Waals surface area (Å²) in [5.41, 5.74) is 2.16. The fraction of sp³-hybridized carbons (Fsp3) is 0.286. The number of anilines is 1. The summed E-state index contributed by atoms with van der Waals surface area (Å²) in [4.78, 5) is 31.0. The minimum Gasteiger partial charge on any atom is -0.485 e. The van der Waals surface area contributed by atoms with Gasteiger partial charge < -0.3 is 19.5 Å². The Bertz CT molecular complexity index is 1110. The standard InChI is InChI=1S/C21H20N2O5S/c1-4-26-21(25)18-17(16-11(2)9-12(3)22-20(16)29-18)23-19(24)15-10-27-13-7-5-6-8-14(13)28-15/h5-9,15H,4,10H2,1-3H3,(H,23,24). The molecule has 0 saturated carbocycles. The number of para-hydroxylation sites is 2. The fourth-order valence-corrected chi connectivity index (χ4v) is 4.40. The summed E-state index contributed by atoms with van der Waals surface area (Å²) in [5, 5.41) is 3.59. The van der Waals surface area contributed by atoms with Crippen LogP contribution in [0.25, 0.3) is 10.2 Å². The van der Waals surface area contributed by atoms with Crippen LogP contribution < -0.4 is 14.8 Å². The van der Waals surface area contributed by atoms with E-state index in [0.29, 0.717) is 26.9 Å². The first-order valence-electron chi connectivity index (χ1n) is 9.25. The Labute approximate surface area is 171 Å². The van der Waals surface area contributed by atoms with E-state index in [9.17, 15) is 9.59 Å². The van der Waals surface area contributed by atoms with Gasteiger partial charge in [-0.25, -0.2) is 9.78 Å². The van der Waals surface area contributed by atoms with Crippen molar-refractivity contribution in [2.75, 3.05) is 18.5 Å². The summed E-state index contributed by atoms with van der Waals surface area (Å²) in [6, 6.07) is 9.09. The molecule has 1 unspecified atom stereocenters. The van der Waals surface area contributed by atoms with E-state index in [0.717, 1.165) is 16.6 Å². The minimum absolute atomic E-state index is 0.0794. The first kappa shape index (κ1) is 19.2. The molecule has 4 rings (SSSR count). The van der Waals surface area contributed by atoms with E-state index in [4.69, 9.17) is 14.2 Å². The summed E-state index contributed by atoms with van der Waals surface area (Å²) >= 11 is 1.21. The number of benzene rings is 1. The largest absolute Gasteiger partial charge is 0.485 e. The van der Waals surface area contributed by atoms with Gasteiger partial charge in [-0.1, -0.05) is 12.1 Å². The quantitative estimate of drug-likeness (QED) is 0.655. The highest BCUT2D eigenvalue weighted by Crippen LogP contribution is 2.38. The molecule has 3 heterocycles. The van der Waals surface area contributed by atoms with E-state index in [1.807, 2.05) is 32.0 Å². The summed E-state index contributed by atoms with van der Waals surface area (Å²) in [7, 11) is 0. The number of ether oxygens (including phenoxy) is 3. The normalized spacial score (nSPS) is 15.2. The van der Waals surface area contributed by atoms with Crippen molar-refractivity contribution >= 4 is 39.1 Å². The third kappa shape index (κ3) is 3.63. The van der Waals surface area contributed by atoms with Crippen LogP contribution in [0, 0.1) is 13.8 Å². The second-order valence-corrected chi connectivity index (χ2v) is 7.64. The van der Waals surface area contributed by atoms with Crippen LogP contribution in [0.1, 0.15) is 27.9 Å². The molecule has 1 aliphatic rings. The number of nitrogens with one attached hydrogen (secondary N) is 1. The van der Waals surface area contributed by atoms with Gasteiger partial charge in [0.1, 0.15) is 16.3 Å². The first-order valence-corrected chi connectivity index (χ1v) is 10.1. The lowest BCUT2D eigenvalue weighted by Crippen LogP contribution is -2.40. The number of fused-ring (bicyclic) bond motifs is 2. The van der Waals surface area contributed by atoms with E-state index in [1.165, 1.54) is 11.3 Å². The lowest BCUT2D eigenvalue weighted by Gasteiger charge is -2.25. The molecule has 0 aliphatic carbocycles. The summed E-state index contributed by atoms with van der Waals surface area (Å²) in [6.45, 7) is 5.87. The van der Waals surface area contributed by atoms with Crippen molar-refractivity contribution in [3.05, 3.63) is 46.5 Å². The number of esters is 1. The number of rotatable bonds is 4. The molecule has 29 heavy (non-hydrogen) atoms. The highest BCUT2D eigenvalue weighted by atomic mass is 32.1. The Morgan fingerprint density at radius 3 is 2.79 bits per heavy atom. The number of carbonyl (C=O) groups excluding carboxylic acids is 2. The predicted molar refractivity (Wildman–Crippen MR) is 110 cm³/mol. The Morgan fingerprint density at radius 2 is 2.03 bits per heavy atom. The Balaban J connectivity index is 1.68. The first-order chi connectivity index (χ1) is 14.0. The fourth-order valence-electron chi connectivity index (χ4n) is 3.25. The minimum atomic E-state index is -0.839.